The molecule has 2 N–H and O–H groups in total. The van der Waals surface area contributed by atoms with Crippen molar-refractivity contribution in [3.05, 3.63) is 71.3 Å². The lowest BCUT2D eigenvalue weighted by atomic mass is 10.0. The Morgan fingerprint density at radius 1 is 1.21 bits per heavy atom. The number of carbonyl (C=O) groups excluding carboxylic acids is 1. The summed E-state index contributed by atoms with van der Waals surface area (Å²) in [6, 6.07) is 12.8. The predicted molar refractivity (Wildman–Crippen MR) is 114 cm³/mol. The molecule has 2 heterocycles. The molecule has 0 atom stereocenters. The van der Waals surface area contributed by atoms with Gasteiger partial charge in [0.15, 0.2) is 6.29 Å². The quantitative estimate of drug-likeness (QED) is 0.477. The fraction of sp³-hybridized carbons (Fsp3) is 0.227. The van der Waals surface area contributed by atoms with Gasteiger partial charge in [0, 0.05) is 45.0 Å². The van der Waals surface area contributed by atoms with Gasteiger partial charge in [-0.3, -0.25) is 9.80 Å². The molecule has 1 fully saturated rings. The minimum atomic E-state index is -0.338. The Kier molecular flexibility index (Phi) is 5.42. The number of benzene rings is 2. The molecular formula is C22H22FN5O. The summed E-state index contributed by atoms with van der Waals surface area (Å²) in [5.74, 6) is -0.338. The molecular weight excluding hydrogens is 369 g/mol. The number of halogens is 1. The van der Waals surface area contributed by atoms with E-state index in [2.05, 4.69) is 21.5 Å². The predicted octanol–water partition coefficient (Wildman–Crippen LogP) is 2.74. The average Bonchev–Trinajstić information content (AvgIpc) is 2.93. The molecule has 2 aromatic rings. The number of anilines is 3. The zero-order chi connectivity index (χ0) is 20.2. The summed E-state index contributed by atoms with van der Waals surface area (Å²) in [7, 11) is 1.79. The average molecular weight is 391 g/mol. The minimum absolute atomic E-state index is 0.258. The van der Waals surface area contributed by atoms with Crippen LogP contribution < -0.4 is 20.5 Å². The number of nitrogens with one attached hydrogen (secondary N) is 2. The van der Waals surface area contributed by atoms with Crippen LogP contribution in [0, 0.1) is 5.82 Å². The first-order valence-corrected chi connectivity index (χ1v) is 9.51. The second kappa shape index (κ2) is 8.31. The van der Waals surface area contributed by atoms with Crippen LogP contribution in [0.2, 0.25) is 0 Å². The molecule has 0 unspecified atom stereocenters. The molecule has 2 aliphatic heterocycles. The molecule has 0 aliphatic carbocycles. The summed E-state index contributed by atoms with van der Waals surface area (Å²) in [6.07, 6.45) is 2.25. The van der Waals surface area contributed by atoms with E-state index >= 15 is 4.39 Å². The molecule has 0 saturated carbocycles. The number of carbonyl (C=O) groups is 1. The van der Waals surface area contributed by atoms with E-state index in [4.69, 9.17) is 0 Å². The highest BCUT2D eigenvalue weighted by atomic mass is 19.1. The molecule has 0 radical (unpaired) electrons. The first-order valence-electron chi connectivity index (χ1n) is 9.51. The van der Waals surface area contributed by atoms with Gasteiger partial charge >= 0.3 is 0 Å². The Hall–Kier alpha value is -3.41. The van der Waals surface area contributed by atoms with Crippen molar-refractivity contribution in [3.63, 3.8) is 0 Å². The molecule has 0 spiro atoms. The molecule has 2 aliphatic rings. The maximum Gasteiger partial charge on any atom is 0.160 e. The molecule has 29 heavy (non-hydrogen) atoms. The second-order valence-electron chi connectivity index (χ2n) is 6.86. The summed E-state index contributed by atoms with van der Waals surface area (Å²) < 4.78 is 15.1. The van der Waals surface area contributed by atoms with E-state index in [0.717, 1.165) is 31.9 Å². The van der Waals surface area contributed by atoms with E-state index in [1.807, 2.05) is 35.2 Å². The zero-order valence-electron chi connectivity index (χ0n) is 16.2. The van der Waals surface area contributed by atoms with Crippen molar-refractivity contribution in [1.82, 2.24) is 5.32 Å². The van der Waals surface area contributed by atoms with Crippen molar-refractivity contribution in [2.45, 2.75) is 0 Å². The van der Waals surface area contributed by atoms with Crippen molar-refractivity contribution in [2.24, 2.45) is 5.10 Å². The molecule has 0 bridgehead atoms. The molecule has 6 nitrogen and oxygen atoms in total. The van der Waals surface area contributed by atoms with Crippen LogP contribution in [0.4, 0.5) is 21.5 Å². The van der Waals surface area contributed by atoms with E-state index in [-0.39, 0.29) is 11.4 Å². The lowest BCUT2D eigenvalue weighted by Gasteiger charge is -2.30. The van der Waals surface area contributed by atoms with Crippen LogP contribution in [0.25, 0.3) is 0 Å². The van der Waals surface area contributed by atoms with Gasteiger partial charge in [0.05, 0.1) is 22.6 Å². The zero-order valence-corrected chi connectivity index (χ0v) is 16.2. The smallest absolute Gasteiger partial charge is 0.160 e. The number of fused-ring (bicyclic) bond motifs is 1. The van der Waals surface area contributed by atoms with Crippen LogP contribution in [-0.4, -0.2) is 45.2 Å². The Morgan fingerprint density at radius 2 is 1.97 bits per heavy atom. The van der Waals surface area contributed by atoms with Gasteiger partial charge in [0.25, 0.3) is 0 Å². The van der Waals surface area contributed by atoms with Gasteiger partial charge in [-0.2, -0.15) is 5.10 Å². The monoisotopic (exact) mass is 391 g/mol. The summed E-state index contributed by atoms with van der Waals surface area (Å²) in [4.78, 5) is 13.7. The van der Waals surface area contributed by atoms with Crippen LogP contribution in [0.1, 0.15) is 5.56 Å². The number of aldehydes is 1. The Balaban J connectivity index is 1.79. The van der Waals surface area contributed by atoms with Crippen LogP contribution in [0.3, 0.4) is 0 Å². The second-order valence-corrected chi connectivity index (χ2v) is 6.86. The third-order valence-corrected chi connectivity index (χ3v) is 5.01. The van der Waals surface area contributed by atoms with E-state index in [1.54, 1.807) is 24.3 Å². The number of nitrogens with zero attached hydrogens (tertiary/aromatic N) is 3. The van der Waals surface area contributed by atoms with Crippen molar-refractivity contribution < 1.29 is 9.18 Å². The highest BCUT2D eigenvalue weighted by Crippen LogP contribution is 2.31. The maximum atomic E-state index is 15.1. The number of piperazine rings is 1. The molecule has 0 amide bonds. The number of rotatable bonds is 4. The van der Waals surface area contributed by atoms with Gasteiger partial charge in [-0.05, 0) is 24.3 Å². The largest absolute Gasteiger partial charge is 0.367 e. The van der Waals surface area contributed by atoms with Gasteiger partial charge in [0.1, 0.15) is 11.5 Å². The molecule has 4 rings (SSSR count). The molecule has 148 valence electrons. The molecule has 7 heteroatoms. The topological polar surface area (TPSA) is 60.0 Å². The van der Waals surface area contributed by atoms with Crippen molar-refractivity contribution in [3.8, 4) is 0 Å². The first-order chi connectivity index (χ1) is 14.2. The van der Waals surface area contributed by atoms with Gasteiger partial charge in [-0.15, -0.1) is 0 Å². The van der Waals surface area contributed by atoms with Crippen molar-refractivity contribution >= 4 is 29.1 Å². The number of hydrogen-bond acceptors (Lipinski definition) is 6. The standard InChI is InChI=1S/C22H22FN5O/c1-27(17-5-3-2-4-6-17)26-22-16(15-29)7-8-25-20-14-21(19(23)13-18(20)22)28-11-9-24-10-12-28/h2-6,8,13-15,24-25H,9-12H2,1H3/b26-22+. The van der Waals surface area contributed by atoms with Crippen LogP contribution >= 0.6 is 0 Å². The first kappa shape index (κ1) is 18.9. The Bertz CT molecular complexity index is 1010. The Morgan fingerprint density at radius 3 is 2.69 bits per heavy atom. The summed E-state index contributed by atoms with van der Waals surface area (Å²) in [5.41, 5.74) is 6.14. The van der Waals surface area contributed by atoms with E-state index in [0.29, 0.717) is 28.9 Å². The van der Waals surface area contributed by atoms with Gasteiger partial charge < -0.3 is 15.5 Å². The highest BCUT2D eigenvalue weighted by Gasteiger charge is 2.22. The highest BCUT2D eigenvalue weighted by molar-refractivity contribution is 6.25. The van der Waals surface area contributed by atoms with E-state index in [1.165, 1.54) is 6.07 Å². The number of para-hydroxylation sites is 1. The van der Waals surface area contributed by atoms with Crippen LogP contribution in [-0.2, 0) is 4.79 Å². The van der Waals surface area contributed by atoms with Gasteiger partial charge in [0.2, 0.25) is 0 Å². The molecule has 0 aromatic heterocycles. The Labute approximate surface area is 169 Å². The van der Waals surface area contributed by atoms with Crippen molar-refractivity contribution in [1.29, 1.82) is 0 Å². The summed E-state index contributed by atoms with van der Waals surface area (Å²) in [6.45, 7) is 3.10. The van der Waals surface area contributed by atoms with E-state index in [9.17, 15) is 4.79 Å². The molecule has 2 aromatic carbocycles. The summed E-state index contributed by atoms with van der Waals surface area (Å²) >= 11 is 0. The van der Waals surface area contributed by atoms with E-state index < -0.39 is 0 Å². The van der Waals surface area contributed by atoms with Crippen LogP contribution in [0.15, 0.2) is 65.1 Å². The van der Waals surface area contributed by atoms with Gasteiger partial charge in [-0.1, -0.05) is 23.9 Å². The maximum absolute atomic E-state index is 15.1. The molecule has 1 saturated heterocycles. The third kappa shape index (κ3) is 3.92. The van der Waals surface area contributed by atoms with Gasteiger partial charge in [-0.25, -0.2) is 4.39 Å². The normalized spacial score (nSPS) is 17.2. The third-order valence-electron chi connectivity index (χ3n) is 5.01. The fourth-order valence-electron chi connectivity index (χ4n) is 3.48. The number of allylic oxidation sites excluding steroid dienone is 1. The number of hydrazone groups is 1. The number of hydrogen-bond donors (Lipinski definition) is 2. The van der Waals surface area contributed by atoms with Crippen LogP contribution in [0.5, 0.6) is 0 Å². The summed E-state index contributed by atoms with van der Waals surface area (Å²) in [5, 5.41) is 12.7. The van der Waals surface area contributed by atoms with Crippen molar-refractivity contribution in [2.75, 3.05) is 48.5 Å². The minimum Gasteiger partial charge on any atom is -0.367 e. The lowest BCUT2D eigenvalue weighted by Crippen LogP contribution is -2.43. The lowest BCUT2D eigenvalue weighted by molar-refractivity contribution is -0.104. The SMILES string of the molecule is CN(/N=C1\C(C=O)=C=CNc2cc(N3CCNCC3)c(F)cc21)c1ccccc1. The fourth-order valence-corrected chi connectivity index (χ4v) is 3.48.